The molecule has 3 heteroatoms. The first kappa shape index (κ1) is 25.0. The van der Waals surface area contributed by atoms with Crippen molar-refractivity contribution in [2.75, 3.05) is 4.90 Å². The lowest BCUT2D eigenvalue weighted by molar-refractivity contribution is 1.27. The van der Waals surface area contributed by atoms with Gasteiger partial charge in [-0.25, -0.2) is 0 Å². The maximum atomic E-state index is 4.80. The molecule has 7 aromatic carbocycles. The van der Waals surface area contributed by atoms with Crippen LogP contribution < -0.4 is 4.90 Å². The molecule has 0 aliphatic heterocycles. The fourth-order valence-electron chi connectivity index (χ4n) is 6.71. The minimum atomic E-state index is 1.08. The average molecular weight is 579 g/mol. The van der Waals surface area contributed by atoms with Crippen molar-refractivity contribution in [2.45, 2.75) is 0 Å². The van der Waals surface area contributed by atoms with Crippen LogP contribution in [0.1, 0.15) is 0 Å². The van der Waals surface area contributed by atoms with Gasteiger partial charge in [0.2, 0.25) is 0 Å². The molecule has 0 N–H and O–H groups in total. The number of pyridine rings is 1. The predicted molar refractivity (Wildman–Crippen MR) is 190 cm³/mol. The van der Waals surface area contributed by atoms with Crippen LogP contribution in [0.5, 0.6) is 0 Å². The zero-order valence-corrected chi connectivity index (χ0v) is 24.6. The topological polar surface area (TPSA) is 16.1 Å². The molecule has 0 saturated heterocycles. The zero-order chi connectivity index (χ0) is 29.0. The molecule has 0 radical (unpaired) electrons. The van der Waals surface area contributed by atoms with E-state index in [4.69, 9.17) is 4.98 Å². The smallest absolute Gasteiger partial charge is 0.0738 e. The Morgan fingerprint density at radius 1 is 0.432 bits per heavy atom. The van der Waals surface area contributed by atoms with Crippen LogP contribution in [0, 0.1) is 0 Å². The molecule has 0 bridgehead atoms. The third-order valence-corrected chi connectivity index (χ3v) is 9.81. The minimum absolute atomic E-state index is 1.08. The Morgan fingerprint density at radius 3 is 1.93 bits per heavy atom. The third kappa shape index (κ3) is 3.90. The molecule has 0 aliphatic rings. The number of hydrogen-bond donors (Lipinski definition) is 0. The van der Waals surface area contributed by atoms with E-state index in [9.17, 15) is 0 Å². The summed E-state index contributed by atoms with van der Waals surface area (Å²) in [4.78, 5) is 7.21. The summed E-state index contributed by atoms with van der Waals surface area (Å²) in [5.74, 6) is 0. The number of rotatable bonds is 4. The summed E-state index contributed by atoms with van der Waals surface area (Å²) in [6, 6.07) is 52.6. The molecule has 2 nitrogen and oxygen atoms in total. The summed E-state index contributed by atoms with van der Waals surface area (Å²) in [7, 11) is 0. The normalized spacial score (nSPS) is 11.6. The van der Waals surface area contributed by atoms with E-state index >= 15 is 0 Å². The van der Waals surface area contributed by atoms with Crippen molar-refractivity contribution in [3.8, 4) is 11.1 Å². The summed E-state index contributed by atoms with van der Waals surface area (Å²) in [5.41, 5.74) is 5.72. The molecule has 0 amide bonds. The molecule has 44 heavy (non-hydrogen) atoms. The van der Waals surface area contributed by atoms with Crippen LogP contribution in [-0.4, -0.2) is 4.98 Å². The second-order valence-corrected chi connectivity index (χ2v) is 12.3. The molecule has 2 heterocycles. The van der Waals surface area contributed by atoms with E-state index in [-0.39, 0.29) is 0 Å². The van der Waals surface area contributed by atoms with Gasteiger partial charge >= 0.3 is 0 Å². The monoisotopic (exact) mass is 578 g/mol. The summed E-state index contributed by atoms with van der Waals surface area (Å²) in [6.07, 6.45) is 4.04. The molecule has 0 atom stereocenters. The van der Waals surface area contributed by atoms with Gasteiger partial charge in [0, 0.05) is 32.7 Å². The first-order chi connectivity index (χ1) is 21.8. The molecule has 2 aromatic heterocycles. The molecule has 0 fully saturated rings. The Bertz CT molecular complexity index is 2490. The van der Waals surface area contributed by atoms with Crippen LogP contribution in [0.4, 0.5) is 17.1 Å². The largest absolute Gasteiger partial charge is 0.308 e. The predicted octanol–water partition coefficient (Wildman–Crippen LogP) is 12.0. The highest BCUT2D eigenvalue weighted by Crippen LogP contribution is 2.48. The van der Waals surface area contributed by atoms with E-state index in [0.717, 1.165) is 17.1 Å². The van der Waals surface area contributed by atoms with Crippen molar-refractivity contribution >= 4 is 80.9 Å². The maximum absolute atomic E-state index is 4.80. The summed E-state index contributed by atoms with van der Waals surface area (Å²) < 4.78 is 2.46. The second-order valence-electron chi connectivity index (χ2n) is 11.2. The van der Waals surface area contributed by atoms with Crippen LogP contribution in [0.25, 0.3) is 63.6 Å². The first-order valence-corrected chi connectivity index (χ1v) is 15.7. The molecule has 0 aliphatic carbocycles. The number of hydrogen-bond acceptors (Lipinski definition) is 3. The Labute approximate surface area is 259 Å². The van der Waals surface area contributed by atoms with E-state index < -0.39 is 0 Å². The SMILES string of the molecule is c1ccc(-c2ccc(N(c3cc4ccc5ccccc5c4c4ccccc34)c3cncc4sc5ccccc5c34)cc2)cc1. The van der Waals surface area contributed by atoms with Gasteiger partial charge in [0.1, 0.15) is 0 Å². The Hall–Kier alpha value is -5.51. The van der Waals surface area contributed by atoms with Crippen LogP contribution in [-0.2, 0) is 0 Å². The van der Waals surface area contributed by atoms with Crippen molar-refractivity contribution in [1.82, 2.24) is 4.98 Å². The highest BCUT2D eigenvalue weighted by Gasteiger charge is 2.22. The first-order valence-electron chi connectivity index (χ1n) is 14.9. The number of thiophene rings is 1. The summed E-state index contributed by atoms with van der Waals surface area (Å²) >= 11 is 1.80. The number of nitrogens with zero attached hydrogens (tertiary/aromatic N) is 2. The molecule has 0 unspecified atom stereocenters. The maximum Gasteiger partial charge on any atom is 0.0738 e. The van der Waals surface area contributed by atoms with Gasteiger partial charge < -0.3 is 4.90 Å². The van der Waals surface area contributed by atoms with Gasteiger partial charge in [-0.2, -0.15) is 0 Å². The van der Waals surface area contributed by atoms with Gasteiger partial charge in [0.15, 0.2) is 0 Å². The summed E-state index contributed by atoms with van der Waals surface area (Å²) in [5, 5.41) is 9.99. The van der Waals surface area contributed by atoms with Crippen LogP contribution in [0.3, 0.4) is 0 Å². The number of benzene rings is 7. The molecular formula is C41H26N2S. The number of anilines is 3. The second kappa shape index (κ2) is 10.0. The van der Waals surface area contributed by atoms with Crippen molar-refractivity contribution in [1.29, 1.82) is 0 Å². The number of fused-ring (bicyclic) bond motifs is 8. The van der Waals surface area contributed by atoms with Gasteiger partial charge in [0.25, 0.3) is 0 Å². The molecule has 9 rings (SSSR count). The van der Waals surface area contributed by atoms with Crippen molar-refractivity contribution < 1.29 is 0 Å². The lowest BCUT2D eigenvalue weighted by atomic mass is 9.94. The Balaban J connectivity index is 1.37. The summed E-state index contributed by atoms with van der Waals surface area (Å²) in [6.45, 7) is 0. The van der Waals surface area contributed by atoms with Gasteiger partial charge in [-0.3, -0.25) is 4.98 Å². The molecule has 0 spiro atoms. The molecule has 206 valence electrons. The van der Waals surface area contributed by atoms with Crippen molar-refractivity contribution in [2.24, 2.45) is 0 Å². The Morgan fingerprint density at radius 2 is 1.09 bits per heavy atom. The van der Waals surface area contributed by atoms with E-state index in [0.29, 0.717) is 0 Å². The Kier molecular flexibility index (Phi) is 5.71. The molecular weight excluding hydrogens is 553 g/mol. The quantitative estimate of drug-likeness (QED) is 0.193. The van der Waals surface area contributed by atoms with Crippen LogP contribution >= 0.6 is 11.3 Å². The highest BCUT2D eigenvalue weighted by atomic mass is 32.1. The molecule has 0 saturated carbocycles. The van der Waals surface area contributed by atoms with E-state index in [1.165, 1.54) is 63.6 Å². The molecule has 9 aromatic rings. The van der Waals surface area contributed by atoms with Gasteiger partial charge in [0.05, 0.1) is 22.3 Å². The van der Waals surface area contributed by atoms with Crippen molar-refractivity contribution in [3.63, 3.8) is 0 Å². The standard InChI is InChI=1S/C41H26N2S/c1-2-10-27(11-3-1)28-20-22-31(23-21-28)43(37-25-42-26-39-41(37)35-16-8-9-17-38(35)44-39)36-24-30-19-18-29-12-4-5-13-32(29)40(30)34-15-7-6-14-33(34)36/h1-26H. The van der Waals surface area contributed by atoms with Gasteiger partial charge in [-0.1, -0.05) is 121 Å². The van der Waals surface area contributed by atoms with Crippen molar-refractivity contribution in [3.05, 3.63) is 158 Å². The van der Waals surface area contributed by atoms with Gasteiger partial charge in [-0.15, -0.1) is 11.3 Å². The van der Waals surface area contributed by atoms with E-state index in [1.807, 2.05) is 12.4 Å². The fourth-order valence-corrected chi connectivity index (χ4v) is 7.81. The minimum Gasteiger partial charge on any atom is -0.308 e. The highest BCUT2D eigenvalue weighted by molar-refractivity contribution is 7.25. The van der Waals surface area contributed by atoms with Crippen LogP contribution in [0.15, 0.2) is 158 Å². The number of aromatic nitrogens is 1. The van der Waals surface area contributed by atoms with E-state index in [1.54, 1.807) is 11.3 Å². The van der Waals surface area contributed by atoms with Crippen LogP contribution in [0.2, 0.25) is 0 Å². The average Bonchev–Trinajstić information content (AvgIpc) is 3.48. The third-order valence-electron chi connectivity index (χ3n) is 8.71. The zero-order valence-electron chi connectivity index (χ0n) is 23.8. The van der Waals surface area contributed by atoms with E-state index in [2.05, 4.69) is 150 Å². The lowest BCUT2D eigenvalue weighted by Gasteiger charge is -2.28. The lowest BCUT2D eigenvalue weighted by Crippen LogP contribution is -2.11. The fraction of sp³-hybridized carbons (Fsp3) is 0. The van der Waals surface area contributed by atoms with Gasteiger partial charge in [-0.05, 0) is 62.3 Å².